The van der Waals surface area contributed by atoms with Crippen molar-refractivity contribution >= 4 is 11.6 Å². The highest BCUT2D eigenvalue weighted by Gasteiger charge is 2.25. The summed E-state index contributed by atoms with van der Waals surface area (Å²) in [5.74, 6) is 6.99. The van der Waals surface area contributed by atoms with Gasteiger partial charge in [0.25, 0.3) is 0 Å². The Bertz CT molecular complexity index is 518. The van der Waals surface area contributed by atoms with Crippen molar-refractivity contribution in [2.45, 2.75) is 51.6 Å². The third-order valence-electron chi connectivity index (χ3n) is 4.03. The lowest BCUT2D eigenvalue weighted by atomic mass is 9.85. The summed E-state index contributed by atoms with van der Waals surface area (Å²) in [4.78, 5) is 0. The molecular weight excluding hydrogens is 287 g/mol. The van der Waals surface area contributed by atoms with Gasteiger partial charge in [0.05, 0.1) is 5.56 Å². The SMILES string of the molecule is CCC1CCCCC1Oc1ccc(C#CCCCl)c(F)c1. The van der Waals surface area contributed by atoms with Crippen LogP contribution in [0.5, 0.6) is 5.75 Å². The summed E-state index contributed by atoms with van der Waals surface area (Å²) in [7, 11) is 0. The van der Waals surface area contributed by atoms with E-state index in [0.29, 0.717) is 29.5 Å². The summed E-state index contributed by atoms with van der Waals surface area (Å²) < 4.78 is 20.0. The monoisotopic (exact) mass is 308 g/mol. The molecule has 0 heterocycles. The molecule has 0 bridgehead atoms. The molecule has 2 atom stereocenters. The number of ether oxygens (including phenoxy) is 1. The normalized spacial score (nSPS) is 21.5. The molecule has 3 heteroatoms. The van der Waals surface area contributed by atoms with E-state index in [1.165, 1.54) is 25.3 Å². The molecule has 1 aromatic carbocycles. The van der Waals surface area contributed by atoms with Crippen LogP contribution < -0.4 is 4.74 Å². The van der Waals surface area contributed by atoms with Gasteiger partial charge in [0.15, 0.2) is 0 Å². The molecular formula is C18H22ClFO. The first-order valence-corrected chi connectivity index (χ1v) is 8.29. The first kappa shape index (κ1) is 16.2. The minimum atomic E-state index is -0.321. The van der Waals surface area contributed by atoms with Crippen molar-refractivity contribution < 1.29 is 9.13 Å². The zero-order chi connectivity index (χ0) is 15.1. The molecule has 0 amide bonds. The van der Waals surface area contributed by atoms with Crippen LogP contribution in [0.4, 0.5) is 4.39 Å². The van der Waals surface area contributed by atoms with E-state index >= 15 is 0 Å². The molecule has 0 aliphatic heterocycles. The Kier molecular flexibility index (Phi) is 6.39. The summed E-state index contributed by atoms with van der Waals surface area (Å²) in [6.45, 7) is 2.20. The van der Waals surface area contributed by atoms with Crippen molar-refractivity contribution in [3.8, 4) is 17.6 Å². The quantitative estimate of drug-likeness (QED) is 0.552. The van der Waals surface area contributed by atoms with E-state index in [1.54, 1.807) is 6.07 Å². The topological polar surface area (TPSA) is 9.23 Å². The lowest BCUT2D eigenvalue weighted by Gasteiger charge is -2.31. The molecule has 21 heavy (non-hydrogen) atoms. The van der Waals surface area contributed by atoms with Crippen LogP contribution in [0.3, 0.4) is 0 Å². The van der Waals surface area contributed by atoms with Crippen molar-refractivity contribution in [1.29, 1.82) is 0 Å². The molecule has 0 N–H and O–H groups in total. The van der Waals surface area contributed by atoms with Crippen LogP contribution in [-0.2, 0) is 0 Å². The molecule has 1 fully saturated rings. The van der Waals surface area contributed by atoms with E-state index in [9.17, 15) is 4.39 Å². The van der Waals surface area contributed by atoms with Gasteiger partial charge in [-0.3, -0.25) is 0 Å². The first-order valence-electron chi connectivity index (χ1n) is 7.75. The third kappa shape index (κ3) is 4.64. The van der Waals surface area contributed by atoms with E-state index in [-0.39, 0.29) is 11.9 Å². The molecule has 114 valence electrons. The van der Waals surface area contributed by atoms with Gasteiger partial charge in [-0.2, -0.15) is 0 Å². The highest BCUT2D eigenvalue weighted by atomic mass is 35.5. The molecule has 1 aromatic rings. The van der Waals surface area contributed by atoms with Gasteiger partial charge in [-0.15, -0.1) is 11.6 Å². The fraction of sp³-hybridized carbons (Fsp3) is 0.556. The predicted octanol–water partition coefficient (Wildman–Crippen LogP) is 5.15. The molecule has 2 unspecified atom stereocenters. The Balaban J connectivity index is 2.04. The standard InChI is InChI=1S/C18H22ClFO/c1-2-14-7-3-4-9-18(14)21-16-11-10-15(17(20)13-16)8-5-6-12-19/h10-11,13-14,18H,2-4,6-7,9,12H2,1H3. The van der Waals surface area contributed by atoms with Gasteiger partial charge in [-0.1, -0.05) is 25.2 Å². The van der Waals surface area contributed by atoms with Gasteiger partial charge in [-0.25, -0.2) is 4.39 Å². The predicted molar refractivity (Wildman–Crippen MR) is 85.3 cm³/mol. The van der Waals surface area contributed by atoms with E-state index < -0.39 is 0 Å². The third-order valence-corrected chi connectivity index (χ3v) is 4.22. The molecule has 0 spiro atoms. The minimum Gasteiger partial charge on any atom is -0.490 e. The maximum Gasteiger partial charge on any atom is 0.142 e. The largest absolute Gasteiger partial charge is 0.490 e. The Morgan fingerprint density at radius 1 is 1.33 bits per heavy atom. The van der Waals surface area contributed by atoms with Crippen molar-refractivity contribution in [3.63, 3.8) is 0 Å². The van der Waals surface area contributed by atoms with Crippen molar-refractivity contribution in [3.05, 3.63) is 29.6 Å². The lowest BCUT2D eigenvalue weighted by molar-refractivity contribution is 0.0900. The number of alkyl halides is 1. The smallest absolute Gasteiger partial charge is 0.142 e. The van der Waals surface area contributed by atoms with Crippen molar-refractivity contribution in [2.75, 3.05) is 5.88 Å². The number of halogens is 2. The second-order valence-electron chi connectivity index (χ2n) is 5.49. The molecule has 2 rings (SSSR count). The van der Waals surface area contributed by atoms with E-state index in [4.69, 9.17) is 16.3 Å². The summed E-state index contributed by atoms with van der Waals surface area (Å²) in [5, 5.41) is 0. The maximum atomic E-state index is 14.0. The van der Waals surface area contributed by atoms with Crippen LogP contribution in [0.15, 0.2) is 18.2 Å². The van der Waals surface area contributed by atoms with Crippen molar-refractivity contribution in [2.24, 2.45) is 5.92 Å². The Morgan fingerprint density at radius 2 is 2.14 bits per heavy atom. The van der Waals surface area contributed by atoms with E-state index in [0.717, 1.165) is 12.8 Å². The zero-order valence-corrected chi connectivity index (χ0v) is 13.3. The molecule has 1 nitrogen and oxygen atoms in total. The first-order chi connectivity index (χ1) is 10.2. The lowest BCUT2D eigenvalue weighted by Crippen LogP contribution is -2.29. The fourth-order valence-electron chi connectivity index (χ4n) is 2.85. The molecule has 1 saturated carbocycles. The van der Waals surface area contributed by atoms with E-state index in [2.05, 4.69) is 18.8 Å². The summed E-state index contributed by atoms with van der Waals surface area (Å²) in [5.41, 5.74) is 0.406. The number of rotatable bonds is 4. The van der Waals surface area contributed by atoms with Gasteiger partial charge in [0, 0.05) is 18.4 Å². The van der Waals surface area contributed by atoms with E-state index in [1.807, 2.05) is 6.07 Å². The molecule has 0 aromatic heterocycles. The highest BCUT2D eigenvalue weighted by Crippen LogP contribution is 2.30. The molecule has 1 aliphatic carbocycles. The Morgan fingerprint density at radius 3 is 2.86 bits per heavy atom. The van der Waals surface area contributed by atoms with Gasteiger partial charge >= 0.3 is 0 Å². The van der Waals surface area contributed by atoms with Crippen LogP contribution >= 0.6 is 11.6 Å². The maximum absolute atomic E-state index is 14.0. The summed E-state index contributed by atoms with van der Waals surface area (Å²) >= 11 is 5.55. The minimum absolute atomic E-state index is 0.219. The molecule has 1 aliphatic rings. The summed E-state index contributed by atoms with van der Waals surface area (Å²) in [6, 6.07) is 4.96. The van der Waals surface area contributed by atoms with Crippen LogP contribution in [0.25, 0.3) is 0 Å². The highest BCUT2D eigenvalue weighted by molar-refractivity contribution is 6.18. The molecule has 0 saturated heterocycles. The molecule has 0 radical (unpaired) electrons. The average molecular weight is 309 g/mol. The van der Waals surface area contributed by atoms with Crippen molar-refractivity contribution in [1.82, 2.24) is 0 Å². The van der Waals surface area contributed by atoms with Crippen LogP contribution in [-0.4, -0.2) is 12.0 Å². The van der Waals surface area contributed by atoms with Gasteiger partial charge in [0.2, 0.25) is 0 Å². The second kappa shape index (κ2) is 8.29. The van der Waals surface area contributed by atoms with Gasteiger partial charge < -0.3 is 4.74 Å². The van der Waals surface area contributed by atoms with Crippen LogP contribution in [0.2, 0.25) is 0 Å². The average Bonchev–Trinajstić information content (AvgIpc) is 2.50. The number of hydrogen-bond donors (Lipinski definition) is 0. The van der Waals surface area contributed by atoms with Crippen LogP contribution in [0, 0.1) is 23.6 Å². The van der Waals surface area contributed by atoms with Crippen LogP contribution in [0.1, 0.15) is 51.0 Å². The Hall–Kier alpha value is -1.20. The Labute approximate surface area is 131 Å². The fourth-order valence-corrected chi connectivity index (χ4v) is 2.94. The zero-order valence-electron chi connectivity index (χ0n) is 12.5. The van der Waals surface area contributed by atoms with Gasteiger partial charge in [-0.05, 0) is 43.7 Å². The number of benzene rings is 1. The second-order valence-corrected chi connectivity index (χ2v) is 5.87. The summed E-state index contributed by atoms with van der Waals surface area (Å²) in [6.07, 6.45) is 6.67. The number of hydrogen-bond acceptors (Lipinski definition) is 1. The van der Waals surface area contributed by atoms with Gasteiger partial charge in [0.1, 0.15) is 17.7 Å².